The van der Waals surface area contributed by atoms with Crippen LogP contribution in [0.2, 0.25) is 0 Å². The van der Waals surface area contributed by atoms with E-state index in [9.17, 15) is 17.2 Å². The molecule has 0 amide bonds. The van der Waals surface area contributed by atoms with Crippen LogP contribution in [0.3, 0.4) is 0 Å². The smallest absolute Gasteiger partial charge is 0.265 e. The quantitative estimate of drug-likeness (QED) is 0.564. The Morgan fingerprint density at radius 3 is 2.44 bits per heavy atom. The van der Waals surface area contributed by atoms with E-state index in [1.165, 1.54) is 12.1 Å². The van der Waals surface area contributed by atoms with E-state index in [2.05, 4.69) is 5.32 Å². The summed E-state index contributed by atoms with van der Waals surface area (Å²) < 4.78 is 46.2. The monoisotopic (exact) mass is 281 g/mol. The van der Waals surface area contributed by atoms with Gasteiger partial charge < -0.3 is 16.2 Å². The van der Waals surface area contributed by atoms with Crippen LogP contribution >= 0.6 is 0 Å². The van der Waals surface area contributed by atoms with E-state index >= 15 is 0 Å². The van der Waals surface area contributed by atoms with Gasteiger partial charge in [-0.3, -0.25) is 0 Å². The lowest BCUT2D eigenvalue weighted by molar-refractivity contribution is 0.00385. The second-order valence-electron chi connectivity index (χ2n) is 3.58. The molecule has 0 aromatic heterocycles. The van der Waals surface area contributed by atoms with Crippen molar-refractivity contribution in [2.45, 2.75) is 17.4 Å². The minimum atomic E-state index is -3.92. The third kappa shape index (κ3) is 3.79. The van der Waals surface area contributed by atoms with Crippen molar-refractivity contribution in [3.8, 4) is 0 Å². The number of nitrogen functional groups attached to an aromatic ring is 1. The minimum Gasteiger partial charge on any atom is -0.398 e. The second-order valence-corrected chi connectivity index (χ2v) is 5.11. The van der Waals surface area contributed by atoms with Gasteiger partial charge in [-0.15, -0.1) is 0 Å². The molecule has 0 saturated carbocycles. The molecule has 6 nitrogen and oxygen atoms in total. The van der Waals surface area contributed by atoms with E-state index in [4.69, 9.17) is 16.0 Å². The molecule has 0 aliphatic carbocycles. The van der Waals surface area contributed by atoms with E-state index < -0.39 is 22.6 Å². The normalized spacial score (nSPS) is 13.6. The predicted octanol–water partition coefficient (Wildman–Crippen LogP) is -0.0459. The summed E-state index contributed by atoms with van der Waals surface area (Å²) in [5, 5.41) is 16.3. The fourth-order valence-electron chi connectivity index (χ4n) is 1.23. The molecule has 0 spiro atoms. The Labute approximate surface area is 103 Å². The van der Waals surface area contributed by atoms with Crippen molar-refractivity contribution in [3.63, 3.8) is 0 Å². The van der Waals surface area contributed by atoms with Crippen LogP contribution in [0.1, 0.15) is 0 Å². The van der Waals surface area contributed by atoms with Crippen LogP contribution in [0.15, 0.2) is 23.1 Å². The Bertz CT molecular complexity index is 522. The van der Waals surface area contributed by atoms with Gasteiger partial charge in [-0.05, 0) is 18.2 Å². The lowest BCUT2D eigenvalue weighted by Gasteiger charge is -2.13. The van der Waals surface area contributed by atoms with Crippen molar-refractivity contribution in [3.05, 3.63) is 18.2 Å². The molecule has 0 fully saturated rings. The van der Waals surface area contributed by atoms with Gasteiger partial charge in [0.25, 0.3) is 6.43 Å². The Balaban J connectivity index is 2.80. The van der Waals surface area contributed by atoms with E-state index in [1.807, 2.05) is 0 Å². The van der Waals surface area contributed by atoms with E-state index in [0.29, 0.717) is 5.69 Å². The molecule has 1 atom stereocenters. The Morgan fingerprint density at radius 1 is 1.39 bits per heavy atom. The number of rotatable bonds is 5. The number of anilines is 2. The first-order valence-electron chi connectivity index (χ1n) is 4.84. The van der Waals surface area contributed by atoms with Gasteiger partial charge >= 0.3 is 0 Å². The van der Waals surface area contributed by atoms with Crippen molar-refractivity contribution in [2.75, 3.05) is 17.6 Å². The number of halogens is 2. The highest BCUT2D eigenvalue weighted by molar-refractivity contribution is 7.89. The van der Waals surface area contributed by atoms with Crippen molar-refractivity contribution < 1.29 is 22.3 Å². The summed E-state index contributed by atoms with van der Waals surface area (Å²) in [4.78, 5) is -0.248. The fourth-order valence-corrected chi connectivity index (χ4v) is 1.87. The van der Waals surface area contributed by atoms with Gasteiger partial charge in [-0.2, -0.15) is 0 Å². The minimum absolute atomic E-state index is 0.103. The molecule has 0 aliphatic rings. The number of aliphatic hydroxyl groups is 1. The maximum atomic E-state index is 12.0. The first-order chi connectivity index (χ1) is 8.21. The lowest BCUT2D eigenvalue weighted by atomic mass is 10.2. The van der Waals surface area contributed by atoms with Crippen molar-refractivity contribution in [1.29, 1.82) is 0 Å². The largest absolute Gasteiger partial charge is 0.398 e. The number of benzene rings is 1. The van der Waals surface area contributed by atoms with E-state index in [1.54, 1.807) is 0 Å². The van der Waals surface area contributed by atoms with Crippen LogP contribution in [0, 0.1) is 0 Å². The molecule has 1 aromatic carbocycles. The zero-order valence-corrected chi connectivity index (χ0v) is 9.99. The van der Waals surface area contributed by atoms with Crippen LogP contribution in [0.25, 0.3) is 0 Å². The summed E-state index contributed by atoms with van der Waals surface area (Å²) in [7, 11) is -3.92. The molecule has 18 heavy (non-hydrogen) atoms. The number of hydrogen-bond donors (Lipinski definition) is 4. The molecule has 9 heteroatoms. The van der Waals surface area contributed by atoms with Gasteiger partial charge in [0.15, 0.2) is 0 Å². The summed E-state index contributed by atoms with van der Waals surface area (Å²) in [6, 6.07) is 3.70. The Morgan fingerprint density at radius 2 is 2.00 bits per heavy atom. The Hall–Kier alpha value is -1.45. The maximum Gasteiger partial charge on any atom is 0.265 e. The number of primary sulfonamides is 1. The molecule has 0 heterocycles. The highest BCUT2D eigenvalue weighted by Crippen LogP contribution is 2.21. The molecule has 0 saturated heterocycles. The molecule has 6 N–H and O–H groups in total. The average Bonchev–Trinajstić information content (AvgIpc) is 2.23. The first-order valence-corrected chi connectivity index (χ1v) is 6.39. The lowest BCUT2D eigenvalue weighted by Crippen LogP contribution is -2.26. The summed E-state index contributed by atoms with van der Waals surface area (Å²) in [5.41, 5.74) is 5.67. The first kappa shape index (κ1) is 14.6. The fraction of sp³-hybridized carbons (Fsp3) is 0.333. The van der Waals surface area contributed by atoms with Crippen molar-refractivity contribution >= 4 is 21.4 Å². The molecule has 1 unspecified atom stereocenters. The number of nitrogens with one attached hydrogen (secondary N) is 1. The molecule has 0 aliphatic heterocycles. The van der Waals surface area contributed by atoms with Crippen molar-refractivity contribution in [2.24, 2.45) is 5.14 Å². The molecular formula is C9H13F2N3O3S. The second kappa shape index (κ2) is 5.46. The molecule has 1 aromatic rings. The number of nitrogens with two attached hydrogens (primary N) is 2. The molecule has 0 radical (unpaired) electrons. The topological polar surface area (TPSA) is 118 Å². The summed E-state index contributed by atoms with van der Waals surface area (Å²) in [6.45, 7) is -0.383. The number of sulfonamides is 1. The number of aliphatic hydroxyl groups excluding tert-OH is 1. The van der Waals surface area contributed by atoms with Crippen LogP contribution in [0.5, 0.6) is 0 Å². The third-order valence-electron chi connectivity index (χ3n) is 2.12. The van der Waals surface area contributed by atoms with Gasteiger partial charge in [0.05, 0.1) is 5.69 Å². The zero-order valence-electron chi connectivity index (χ0n) is 9.18. The van der Waals surface area contributed by atoms with Gasteiger partial charge in [0.1, 0.15) is 11.0 Å². The maximum absolute atomic E-state index is 12.0. The molecule has 0 bridgehead atoms. The Kier molecular flexibility index (Phi) is 4.43. The van der Waals surface area contributed by atoms with E-state index in [0.717, 1.165) is 6.07 Å². The highest BCUT2D eigenvalue weighted by atomic mass is 32.2. The van der Waals surface area contributed by atoms with Gasteiger partial charge in [-0.1, -0.05) is 0 Å². The summed E-state index contributed by atoms with van der Waals surface area (Å²) in [5.74, 6) is 0. The van der Waals surface area contributed by atoms with Crippen LogP contribution in [0.4, 0.5) is 20.2 Å². The zero-order chi connectivity index (χ0) is 13.9. The molecular weight excluding hydrogens is 268 g/mol. The van der Waals surface area contributed by atoms with Crippen molar-refractivity contribution in [1.82, 2.24) is 0 Å². The van der Waals surface area contributed by atoms with Crippen LogP contribution in [-0.2, 0) is 10.0 Å². The van der Waals surface area contributed by atoms with E-state index in [-0.39, 0.29) is 17.1 Å². The molecule has 102 valence electrons. The van der Waals surface area contributed by atoms with Gasteiger partial charge in [0.2, 0.25) is 10.0 Å². The number of hydrogen-bond acceptors (Lipinski definition) is 5. The predicted molar refractivity (Wildman–Crippen MR) is 62.7 cm³/mol. The van der Waals surface area contributed by atoms with Gasteiger partial charge in [0, 0.05) is 12.2 Å². The standard InChI is InChI=1S/C9H13F2N3O3S/c10-9(11)7(15)4-14-5-1-2-8(6(12)3-5)18(13,16)17/h1-3,7,9,14-15H,4,12H2,(H2,13,16,17). The highest BCUT2D eigenvalue weighted by Gasteiger charge is 2.17. The summed E-state index contributed by atoms with van der Waals surface area (Å²) in [6.07, 6.45) is -4.68. The third-order valence-corrected chi connectivity index (χ3v) is 3.11. The average molecular weight is 281 g/mol. The van der Waals surface area contributed by atoms with Crippen LogP contribution in [-0.4, -0.2) is 32.6 Å². The molecule has 1 rings (SSSR count). The van der Waals surface area contributed by atoms with Crippen LogP contribution < -0.4 is 16.2 Å². The summed E-state index contributed by atoms with van der Waals surface area (Å²) >= 11 is 0. The van der Waals surface area contributed by atoms with Gasteiger partial charge in [-0.25, -0.2) is 22.3 Å². The SMILES string of the molecule is Nc1cc(NCC(O)C(F)F)ccc1S(N)(=O)=O. The number of alkyl halides is 2.